The molecule has 146 valence electrons. The first kappa shape index (κ1) is 18.7. The van der Waals surface area contributed by atoms with Gasteiger partial charge in [0.1, 0.15) is 11.5 Å². The Hall–Kier alpha value is -3.60. The fourth-order valence-electron chi connectivity index (χ4n) is 3.33. The molecule has 29 heavy (non-hydrogen) atoms. The zero-order valence-corrected chi connectivity index (χ0v) is 16.2. The fourth-order valence-corrected chi connectivity index (χ4v) is 3.33. The third-order valence-electron chi connectivity index (χ3n) is 4.94. The number of aryl methyl sites for hydroxylation is 1. The number of hydrogen-bond acceptors (Lipinski definition) is 3. The van der Waals surface area contributed by atoms with Crippen LogP contribution in [0.25, 0.3) is 0 Å². The van der Waals surface area contributed by atoms with Gasteiger partial charge in [-0.3, -0.25) is 9.59 Å². The molecule has 1 aliphatic heterocycles. The molecule has 5 heteroatoms. The Morgan fingerprint density at radius 1 is 0.931 bits per heavy atom. The van der Waals surface area contributed by atoms with Crippen molar-refractivity contribution in [1.82, 2.24) is 0 Å². The summed E-state index contributed by atoms with van der Waals surface area (Å²) in [6, 6.07) is 24.5. The van der Waals surface area contributed by atoms with Crippen LogP contribution in [0.3, 0.4) is 0 Å². The molecule has 1 N–H and O–H groups in total. The summed E-state index contributed by atoms with van der Waals surface area (Å²) in [5, 5.41) is 2.90. The summed E-state index contributed by atoms with van der Waals surface area (Å²) >= 11 is 0. The van der Waals surface area contributed by atoms with Gasteiger partial charge in [-0.2, -0.15) is 0 Å². The normalized spacial score (nSPS) is 16.0. The van der Waals surface area contributed by atoms with Gasteiger partial charge in [0.05, 0.1) is 5.92 Å². The van der Waals surface area contributed by atoms with Crippen molar-refractivity contribution >= 4 is 23.2 Å². The SMILES string of the molecule is Cc1ccc(N2C[C@H](C(=O)Nc3ccc(Oc4ccccc4)cc3)CC2=O)cc1. The van der Waals surface area contributed by atoms with E-state index < -0.39 is 0 Å². The minimum Gasteiger partial charge on any atom is -0.457 e. The van der Waals surface area contributed by atoms with Crippen LogP contribution in [-0.4, -0.2) is 18.4 Å². The number of carbonyl (C=O) groups is 2. The lowest BCUT2D eigenvalue weighted by Gasteiger charge is -2.17. The second kappa shape index (κ2) is 8.19. The fraction of sp³-hybridized carbons (Fsp3) is 0.167. The first-order valence-corrected chi connectivity index (χ1v) is 9.59. The van der Waals surface area contributed by atoms with E-state index in [1.807, 2.05) is 61.5 Å². The smallest absolute Gasteiger partial charge is 0.229 e. The zero-order chi connectivity index (χ0) is 20.2. The van der Waals surface area contributed by atoms with Gasteiger partial charge in [-0.05, 0) is 55.5 Å². The maximum Gasteiger partial charge on any atom is 0.229 e. The van der Waals surface area contributed by atoms with Gasteiger partial charge in [0.2, 0.25) is 11.8 Å². The number of ether oxygens (including phenoxy) is 1. The Morgan fingerprint density at radius 3 is 2.28 bits per heavy atom. The second-order valence-electron chi connectivity index (χ2n) is 7.17. The summed E-state index contributed by atoms with van der Waals surface area (Å²) in [6.07, 6.45) is 0.217. The Labute approximate surface area is 169 Å². The van der Waals surface area contributed by atoms with E-state index in [1.165, 1.54) is 0 Å². The van der Waals surface area contributed by atoms with Crippen LogP contribution in [0.15, 0.2) is 78.9 Å². The van der Waals surface area contributed by atoms with Gasteiger partial charge < -0.3 is 15.0 Å². The molecule has 5 nitrogen and oxygen atoms in total. The average Bonchev–Trinajstić information content (AvgIpc) is 3.13. The molecule has 0 unspecified atom stereocenters. The van der Waals surface area contributed by atoms with Gasteiger partial charge in [-0.1, -0.05) is 35.9 Å². The maximum absolute atomic E-state index is 12.6. The topological polar surface area (TPSA) is 58.6 Å². The standard InChI is InChI=1S/C24H22N2O3/c1-17-7-11-20(12-8-17)26-16-18(15-23(26)27)24(28)25-19-9-13-22(14-10-19)29-21-5-3-2-4-6-21/h2-14,18H,15-16H2,1H3,(H,25,28)/t18-/m1/s1. The number of amides is 2. The molecule has 0 aromatic heterocycles. The van der Waals surface area contributed by atoms with Gasteiger partial charge in [0.15, 0.2) is 0 Å². The molecule has 0 spiro atoms. The van der Waals surface area contributed by atoms with Crippen molar-refractivity contribution in [3.8, 4) is 11.5 Å². The number of rotatable bonds is 5. The van der Waals surface area contributed by atoms with E-state index in [2.05, 4.69) is 5.32 Å². The largest absolute Gasteiger partial charge is 0.457 e. The molecule has 0 saturated carbocycles. The summed E-state index contributed by atoms with van der Waals surface area (Å²) in [5.74, 6) is 0.898. The summed E-state index contributed by atoms with van der Waals surface area (Å²) in [4.78, 5) is 26.7. The summed E-state index contributed by atoms with van der Waals surface area (Å²) in [5.41, 5.74) is 2.64. The molecule has 0 radical (unpaired) electrons. The number of nitrogens with zero attached hydrogens (tertiary/aromatic N) is 1. The van der Waals surface area contributed by atoms with Crippen LogP contribution in [0.2, 0.25) is 0 Å². The van der Waals surface area contributed by atoms with Gasteiger partial charge in [-0.25, -0.2) is 0 Å². The maximum atomic E-state index is 12.6. The van der Waals surface area contributed by atoms with Crippen LogP contribution in [0, 0.1) is 12.8 Å². The van der Waals surface area contributed by atoms with Crippen LogP contribution in [0.1, 0.15) is 12.0 Å². The van der Waals surface area contributed by atoms with Crippen molar-refractivity contribution in [3.05, 3.63) is 84.4 Å². The lowest BCUT2D eigenvalue weighted by molar-refractivity contribution is -0.122. The highest BCUT2D eigenvalue weighted by Crippen LogP contribution is 2.27. The Morgan fingerprint density at radius 2 is 1.59 bits per heavy atom. The van der Waals surface area contributed by atoms with Crippen LogP contribution in [0.4, 0.5) is 11.4 Å². The minimum absolute atomic E-state index is 0.0272. The van der Waals surface area contributed by atoms with Crippen LogP contribution in [-0.2, 0) is 9.59 Å². The van der Waals surface area contributed by atoms with E-state index in [0.717, 1.165) is 17.0 Å². The molecular formula is C24H22N2O3. The van der Waals surface area contributed by atoms with Gasteiger partial charge >= 0.3 is 0 Å². The van der Waals surface area contributed by atoms with E-state index in [-0.39, 0.29) is 24.2 Å². The van der Waals surface area contributed by atoms with Crippen molar-refractivity contribution in [2.75, 3.05) is 16.8 Å². The average molecular weight is 386 g/mol. The summed E-state index contributed by atoms with van der Waals surface area (Å²) < 4.78 is 5.76. The molecule has 1 fully saturated rings. The molecule has 3 aromatic carbocycles. The first-order chi connectivity index (χ1) is 14.1. The number of para-hydroxylation sites is 1. The molecule has 1 aliphatic rings. The molecule has 0 bridgehead atoms. The molecule has 1 saturated heterocycles. The Bertz CT molecular complexity index is 999. The summed E-state index contributed by atoms with van der Waals surface area (Å²) in [6.45, 7) is 2.39. The highest BCUT2D eigenvalue weighted by molar-refractivity contribution is 6.03. The van der Waals surface area contributed by atoms with Gasteiger partial charge in [0, 0.05) is 24.3 Å². The van der Waals surface area contributed by atoms with Crippen LogP contribution in [0.5, 0.6) is 11.5 Å². The molecule has 2 amide bonds. The van der Waals surface area contributed by atoms with E-state index >= 15 is 0 Å². The number of benzene rings is 3. The second-order valence-corrected chi connectivity index (χ2v) is 7.17. The monoisotopic (exact) mass is 386 g/mol. The van der Waals surface area contributed by atoms with Crippen molar-refractivity contribution in [2.24, 2.45) is 5.92 Å². The number of nitrogens with one attached hydrogen (secondary N) is 1. The molecule has 0 aliphatic carbocycles. The molecule has 3 aromatic rings. The molecule has 1 heterocycles. The van der Waals surface area contributed by atoms with Crippen molar-refractivity contribution in [2.45, 2.75) is 13.3 Å². The first-order valence-electron chi connectivity index (χ1n) is 9.59. The Kier molecular flexibility index (Phi) is 5.29. The van der Waals surface area contributed by atoms with Gasteiger partial charge in [0.25, 0.3) is 0 Å². The molecule has 1 atom stereocenters. The highest BCUT2D eigenvalue weighted by Gasteiger charge is 2.35. The number of anilines is 2. The van der Waals surface area contributed by atoms with E-state index in [9.17, 15) is 9.59 Å². The highest BCUT2D eigenvalue weighted by atomic mass is 16.5. The van der Waals surface area contributed by atoms with E-state index in [4.69, 9.17) is 4.74 Å². The number of hydrogen-bond donors (Lipinski definition) is 1. The Balaban J connectivity index is 1.37. The van der Waals surface area contributed by atoms with E-state index in [0.29, 0.717) is 18.0 Å². The predicted molar refractivity (Wildman–Crippen MR) is 113 cm³/mol. The van der Waals surface area contributed by atoms with Crippen molar-refractivity contribution in [1.29, 1.82) is 0 Å². The van der Waals surface area contributed by atoms with Crippen molar-refractivity contribution < 1.29 is 14.3 Å². The zero-order valence-electron chi connectivity index (χ0n) is 16.2. The minimum atomic E-state index is -0.371. The van der Waals surface area contributed by atoms with E-state index in [1.54, 1.807) is 29.2 Å². The van der Waals surface area contributed by atoms with Crippen molar-refractivity contribution in [3.63, 3.8) is 0 Å². The lowest BCUT2D eigenvalue weighted by atomic mass is 10.1. The third kappa shape index (κ3) is 4.46. The quantitative estimate of drug-likeness (QED) is 0.687. The number of carbonyl (C=O) groups excluding carboxylic acids is 2. The summed E-state index contributed by atoms with van der Waals surface area (Å²) in [7, 11) is 0. The third-order valence-corrected chi connectivity index (χ3v) is 4.94. The molecule has 4 rings (SSSR count). The van der Waals surface area contributed by atoms with Crippen LogP contribution >= 0.6 is 0 Å². The predicted octanol–water partition coefficient (Wildman–Crippen LogP) is 4.78. The lowest BCUT2D eigenvalue weighted by Crippen LogP contribution is -2.28. The van der Waals surface area contributed by atoms with Crippen LogP contribution < -0.4 is 15.0 Å². The van der Waals surface area contributed by atoms with Gasteiger partial charge in [-0.15, -0.1) is 0 Å². The molecular weight excluding hydrogens is 364 g/mol.